The summed E-state index contributed by atoms with van der Waals surface area (Å²) in [5.41, 5.74) is 1.60. The van der Waals surface area contributed by atoms with Crippen LogP contribution < -0.4 is 4.74 Å². The van der Waals surface area contributed by atoms with Crippen LogP contribution in [0.1, 0.15) is 15.9 Å². The van der Waals surface area contributed by atoms with E-state index in [-0.39, 0.29) is 11.8 Å². The predicted octanol–water partition coefficient (Wildman–Crippen LogP) is 2.69. The van der Waals surface area contributed by atoms with Crippen molar-refractivity contribution in [1.82, 2.24) is 9.80 Å². The Balaban J connectivity index is 1.55. The predicted molar refractivity (Wildman–Crippen MR) is 101 cm³/mol. The van der Waals surface area contributed by atoms with Gasteiger partial charge in [-0.15, -0.1) is 0 Å². The fourth-order valence-corrected chi connectivity index (χ4v) is 2.91. The van der Waals surface area contributed by atoms with E-state index in [0.29, 0.717) is 31.7 Å². The van der Waals surface area contributed by atoms with Crippen molar-refractivity contribution in [1.29, 1.82) is 0 Å². The van der Waals surface area contributed by atoms with Gasteiger partial charge in [0.2, 0.25) is 5.91 Å². The third-order valence-corrected chi connectivity index (χ3v) is 4.41. The summed E-state index contributed by atoms with van der Waals surface area (Å²) in [6.45, 7) is 2.18. The average Bonchev–Trinajstić information content (AvgIpc) is 2.72. The van der Waals surface area contributed by atoms with E-state index in [1.165, 1.54) is 0 Å². The number of nitrogens with zero attached hydrogens (tertiary/aromatic N) is 2. The van der Waals surface area contributed by atoms with Crippen LogP contribution in [-0.2, 0) is 4.79 Å². The lowest BCUT2D eigenvalue weighted by Crippen LogP contribution is -2.50. The number of carbonyl (C=O) groups is 2. The SMILES string of the molecule is COc1cccc(/C=C/C(=O)N2CCN(C(=O)c3ccccc3)CC2)c1. The van der Waals surface area contributed by atoms with Crippen molar-refractivity contribution in [3.8, 4) is 5.75 Å². The Bertz CT molecular complexity index is 794. The van der Waals surface area contributed by atoms with Gasteiger partial charge in [-0.1, -0.05) is 30.3 Å². The summed E-state index contributed by atoms with van der Waals surface area (Å²) in [4.78, 5) is 28.4. The molecule has 5 nitrogen and oxygen atoms in total. The molecular formula is C21H22N2O3. The number of hydrogen-bond donors (Lipinski definition) is 0. The van der Waals surface area contributed by atoms with Crippen molar-refractivity contribution in [3.63, 3.8) is 0 Å². The molecule has 0 spiro atoms. The smallest absolute Gasteiger partial charge is 0.253 e. The number of rotatable bonds is 4. The van der Waals surface area contributed by atoms with Crippen molar-refractivity contribution in [2.24, 2.45) is 0 Å². The Morgan fingerprint density at radius 1 is 0.923 bits per heavy atom. The van der Waals surface area contributed by atoms with Gasteiger partial charge in [-0.25, -0.2) is 0 Å². The number of hydrogen-bond acceptors (Lipinski definition) is 3. The maximum atomic E-state index is 12.4. The van der Waals surface area contributed by atoms with E-state index in [1.54, 1.807) is 29.1 Å². The second-order valence-electron chi connectivity index (χ2n) is 6.09. The number of methoxy groups -OCH3 is 1. The van der Waals surface area contributed by atoms with Gasteiger partial charge in [-0.2, -0.15) is 0 Å². The van der Waals surface area contributed by atoms with Crippen molar-refractivity contribution in [3.05, 3.63) is 71.8 Å². The molecule has 1 heterocycles. The van der Waals surface area contributed by atoms with Crippen molar-refractivity contribution in [2.75, 3.05) is 33.3 Å². The largest absolute Gasteiger partial charge is 0.497 e. The molecule has 1 aliphatic heterocycles. The fourth-order valence-electron chi connectivity index (χ4n) is 2.91. The van der Waals surface area contributed by atoms with Gasteiger partial charge in [0.25, 0.3) is 5.91 Å². The molecule has 2 amide bonds. The maximum Gasteiger partial charge on any atom is 0.253 e. The first-order valence-corrected chi connectivity index (χ1v) is 8.63. The van der Waals surface area contributed by atoms with Crippen LogP contribution in [0.4, 0.5) is 0 Å². The van der Waals surface area contributed by atoms with Crippen molar-refractivity contribution < 1.29 is 14.3 Å². The summed E-state index contributed by atoms with van der Waals surface area (Å²) in [5.74, 6) is 0.733. The average molecular weight is 350 g/mol. The molecule has 1 saturated heterocycles. The van der Waals surface area contributed by atoms with E-state index in [2.05, 4.69) is 0 Å². The quantitative estimate of drug-likeness (QED) is 0.797. The van der Waals surface area contributed by atoms with E-state index in [9.17, 15) is 9.59 Å². The van der Waals surface area contributed by atoms with Crippen LogP contribution in [0.15, 0.2) is 60.7 Å². The van der Waals surface area contributed by atoms with E-state index >= 15 is 0 Å². The molecule has 2 aromatic carbocycles. The molecular weight excluding hydrogens is 328 g/mol. The zero-order valence-corrected chi connectivity index (χ0v) is 14.8. The minimum absolute atomic E-state index is 0.0182. The van der Waals surface area contributed by atoms with Crippen LogP contribution in [-0.4, -0.2) is 54.9 Å². The summed E-state index contributed by atoms with van der Waals surface area (Å²) in [6.07, 6.45) is 3.36. The van der Waals surface area contributed by atoms with Crippen LogP contribution in [0.2, 0.25) is 0 Å². The molecule has 0 bridgehead atoms. The molecule has 0 N–H and O–H groups in total. The van der Waals surface area contributed by atoms with E-state index in [0.717, 1.165) is 11.3 Å². The molecule has 0 aliphatic carbocycles. The Labute approximate surface area is 153 Å². The second kappa shape index (κ2) is 8.34. The Morgan fingerprint density at radius 2 is 1.62 bits per heavy atom. The van der Waals surface area contributed by atoms with Crippen molar-refractivity contribution >= 4 is 17.9 Å². The number of carbonyl (C=O) groups excluding carboxylic acids is 2. The molecule has 0 saturated carbocycles. The normalized spacial score (nSPS) is 14.5. The second-order valence-corrected chi connectivity index (χ2v) is 6.09. The number of piperazine rings is 1. The summed E-state index contributed by atoms with van der Waals surface area (Å²) in [5, 5.41) is 0. The molecule has 0 atom stereocenters. The zero-order valence-electron chi connectivity index (χ0n) is 14.8. The number of ether oxygens (including phenoxy) is 1. The monoisotopic (exact) mass is 350 g/mol. The minimum atomic E-state index is -0.0420. The molecule has 0 unspecified atom stereocenters. The Morgan fingerprint density at radius 3 is 2.31 bits per heavy atom. The highest BCUT2D eigenvalue weighted by molar-refractivity contribution is 5.95. The molecule has 134 valence electrons. The Kier molecular flexibility index (Phi) is 5.69. The summed E-state index contributed by atoms with van der Waals surface area (Å²) in [7, 11) is 1.62. The lowest BCUT2D eigenvalue weighted by atomic mass is 10.1. The highest BCUT2D eigenvalue weighted by Gasteiger charge is 2.23. The molecule has 1 fully saturated rings. The van der Waals surface area contributed by atoms with Gasteiger partial charge in [0.15, 0.2) is 0 Å². The molecule has 1 aliphatic rings. The first-order valence-electron chi connectivity index (χ1n) is 8.63. The molecule has 2 aromatic rings. The maximum absolute atomic E-state index is 12.4. The first-order chi connectivity index (χ1) is 12.7. The highest BCUT2D eigenvalue weighted by Crippen LogP contribution is 2.14. The molecule has 5 heteroatoms. The number of benzene rings is 2. The van der Waals surface area contributed by atoms with Crippen LogP contribution >= 0.6 is 0 Å². The minimum Gasteiger partial charge on any atom is -0.497 e. The van der Waals surface area contributed by atoms with E-state index in [4.69, 9.17) is 4.74 Å². The topological polar surface area (TPSA) is 49.9 Å². The van der Waals surface area contributed by atoms with Gasteiger partial charge < -0.3 is 14.5 Å². The molecule has 0 radical (unpaired) electrons. The summed E-state index contributed by atoms with van der Waals surface area (Å²) < 4.78 is 5.18. The molecule has 26 heavy (non-hydrogen) atoms. The summed E-state index contributed by atoms with van der Waals surface area (Å²) in [6, 6.07) is 16.8. The number of amides is 2. The molecule has 0 aromatic heterocycles. The van der Waals surface area contributed by atoms with Crippen LogP contribution in [0.5, 0.6) is 5.75 Å². The third-order valence-electron chi connectivity index (χ3n) is 4.41. The van der Waals surface area contributed by atoms with Crippen LogP contribution in [0.3, 0.4) is 0 Å². The standard InChI is InChI=1S/C21H22N2O3/c1-26-19-9-5-6-17(16-19)10-11-20(24)22-12-14-23(15-13-22)21(25)18-7-3-2-4-8-18/h2-11,16H,12-15H2,1H3/b11-10+. The lowest BCUT2D eigenvalue weighted by molar-refractivity contribution is -0.127. The van der Waals surface area contributed by atoms with Gasteiger partial charge >= 0.3 is 0 Å². The van der Waals surface area contributed by atoms with Gasteiger partial charge in [-0.05, 0) is 35.9 Å². The van der Waals surface area contributed by atoms with Gasteiger partial charge in [0, 0.05) is 37.8 Å². The van der Waals surface area contributed by atoms with Crippen LogP contribution in [0.25, 0.3) is 6.08 Å². The lowest BCUT2D eigenvalue weighted by Gasteiger charge is -2.34. The Hall–Kier alpha value is -3.08. The van der Waals surface area contributed by atoms with E-state index < -0.39 is 0 Å². The van der Waals surface area contributed by atoms with Crippen molar-refractivity contribution in [2.45, 2.75) is 0 Å². The highest BCUT2D eigenvalue weighted by atomic mass is 16.5. The van der Waals surface area contributed by atoms with Gasteiger partial charge in [-0.3, -0.25) is 9.59 Å². The zero-order chi connectivity index (χ0) is 18.4. The van der Waals surface area contributed by atoms with E-state index in [1.807, 2.05) is 54.6 Å². The van der Waals surface area contributed by atoms with Gasteiger partial charge in [0.05, 0.1) is 7.11 Å². The van der Waals surface area contributed by atoms with Crippen LogP contribution in [0, 0.1) is 0 Å². The fraction of sp³-hybridized carbons (Fsp3) is 0.238. The van der Waals surface area contributed by atoms with Gasteiger partial charge in [0.1, 0.15) is 5.75 Å². The summed E-state index contributed by atoms with van der Waals surface area (Å²) >= 11 is 0. The third kappa shape index (κ3) is 4.30. The molecule has 3 rings (SSSR count). The first kappa shape index (κ1) is 17.7.